The first-order valence-electron chi connectivity index (χ1n) is 14.0. The zero-order valence-corrected chi connectivity index (χ0v) is 24.5. The molecule has 0 aliphatic carbocycles. The average Bonchev–Trinajstić information content (AvgIpc) is 3.62. The van der Waals surface area contributed by atoms with Gasteiger partial charge >= 0.3 is 24.7 Å². The Labute approximate surface area is 275 Å². The molecule has 0 saturated heterocycles. The summed E-state index contributed by atoms with van der Waals surface area (Å²) in [6, 6.07) is 3.23. The summed E-state index contributed by atoms with van der Waals surface area (Å²) in [6.45, 7) is 7.81. The highest BCUT2D eigenvalue weighted by Crippen LogP contribution is 2.46. The molecule has 4 aromatic heterocycles. The maximum Gasteiger partial charge on any atom is 0.418 e. The van der Waals surface area contributed by atoms with E-state index in [0.29, 0.717) is 8.80 Å². The topological polar surface area (TPSA) is 96.9 Å². The molecule has 4 heterocycles. The highest BCUT2D eigenvalue weighted by Gasteiger charge is 2.42. The minimum absolute atomic E-state index is 0.222. The van der Waals surface area contributed by atoms with E-state index in [1.54, 1.807) is 6.07 Å². The van der Waals surface area contributed by atoms with Gasteiger partial charge < -0.3 is 0 Å². The summed E-state index contributed by atoms with van der Waals surface area (Å²) in [5.41, 5.74) is -17.1. The number of rotatable bonds is 0. The van der Waals surface area contributed by atoms with Crippen molar-refractivity contribution in [2.24, 2.45) is 0 Å². The standard InChI is InChI=1S/C32H6F12N6O2/c1-46-16-7-13-20-19(25-47-23-14(31(39,40)41)3-10(29(33,34)35)5-17(23)49(25)28(13)52)9(8-45)2-12-21(20)22(16)26-48-24-15(32(42,43)44)4-11(30(36,37)38)6-18(24)50(26)27(12)51/h2-7H. The minimum atomic E-state index is -5.45. The zero-order chi connectivity index (χ0) is 37.8. The van der Waals surface area contributed by atoms with Crippen molar-refractivity contribution in [3.05, 3.63) is 96.3 Å². The van der Waals surface area contributed by atoms with Crippen LogP contribution in [0.1, 0.15) is 27.8 Å². The largest absolute Gasteiger partial charge is 0.418 e. The second kappa shape index (κ2) is 9.66. The number of nitrogens with zero attached hydrogens (tertiary/aromatic N) is 6. The fourth-order valence-electron chi connectivity index (χ4n) is 6.69. The van der Waals surface area contributed by atoms with Crippen LogP contribution in [0.4, 0.5) is 58.4 Å². The number of benzene rings is 4. The highest BCUT2D eigenvalue weighted by atomic mass is 19.4. The molecule has 8 rings (SSSR count). The first-order valence-corrected chi connectivity index (χ1v) is 14.0. The number of fused-ring (bicyclic) bond motifs is 8. The Morgan fingerprint density at radius 3 is 1.42 bits per heavy atom. The van der Waals surface area contributed by atoms with Crippen molar-refractivity contribution in [2.45, 2.75) is 24.7 Å². The minimum Gasteiger partial charge on any atom is -0.268 e. The van der Waals surface area contributed by atoms with Crippen molar-refractivity contribution in [2.75, 3.05) is 0 Å². The average molecular weight is 734 g/mol. The lowest BCUT2D eigenvalue weighted by molar-refractivity contribution is -0.143. The van der Waals surface area contributed by atoms with Crippen molar-refractivity contribution in [1.82, 2.24) is 18.8 Å². The number of halogens is 12. The quantitative estimate of drug-likeness (QED) is 0.0882. The molecule has 260 valence electrons. The molecule has 0 unspecified atom stereocenters. The van der Waals surface area contributed by atoms with Gasteiger partial charge in [0.15, 0.2) is 5.69 Å². The van der Waals surface area contributed by atoms with Crippen LogP contribution in [-0.2, 0) is 24.7 Å². The molecule has 0 amide bonds. The summed E-state index contributed by atoms with van der Waals surface area (Å²) in [7, 11) is 0. The molecular weight excluding hydrogens is 728 g/mol. The van der Waals surface area contributed by atoms with Crippen molar-refractivity contribution < 1.29 is 52.7 Å². The highest BCUT2D eigenvalue weighted by molar-refractivity contribution is 6.32. The Hall–Kier alpha value is -6.44. The number of hydrogen-bond acceptors (Lipinski definition) is 5. The molecule has 0 saturated carbocycles. The van der Waals surface area contributed by atoms with E-state index < -0.39 is 135 Å². The third kappa shape index (κ3) is 4.17. The van der Waals surface area contributed by atoms with Crippen LogP contribution in [0, 0.1) is 17.9 Å². The summed E-state index contributed by atoms with van der Waals surface area (Å²) in [6.07, 6.45) is -21.6. The Morgan fingerprint density at radius 2 is 1.02 bits per heavy atom. The van der Waals surface area contributed by atoms with Crippen LogP contribution in [0.2, 0.25) is 0 Å². The van der Waals surface area contributed by atoms with Crippen LogP contribution < -0.4 is 11.1 Å². The van der Waals surface area contributed by atoms with Gasteiger partial charge in [-0.05, 0) is 41.8 Å². The molecule has 52 heavy (non-hydrogen) atoms. The van der Waals surface area contributed by atoms with Gasteiger partial charge in [0.1, 0.15) is 22.3 Å². The number of hydrogen-bond donors (Lipinski definition) is 0. The van der Waals surface area contributed by atoms with E-state index in [-0.39, 0.29) is 24.3 Å². The molecule has 0 aliphatic heterocycles. The summed E-state index contributed by atoms with van der Waals surface area (Å²) in [5.74, 6) is 0. The van der Waals surface area contributed by atoms with Gasteiger partial charge in [0, 0.05) is 26.9 Å². The van der Waals surface area contributed by atoms with Gasteiger partial charge in [-0.3, -0.25) is 18.4 Å². The summed E-state index contributed by atoms with van der Waals surface area (Å²) in [5, 5.41) is 7.08. The molecule has 0 N–H and O–H groups in total. The maximum absolute atomic E-state index is 14.1. The SMILES string of the molecule is [C-]#[N+]c1cc2c(=O)n3c4cc(C(F)(F)F)cc(C(F)(F)F)c4nc3c3c(C#N)cc4c(=O)n5c6cc(C(F)(F)F)cc(C(F)(F)F)c6nc5c1c4c23. The molecule has 4 aromatic carbocycles. The Bertz CT molecular complexity index is 2930. The molecular formula is C32H6F12N6O2. The summed E-state index contributed by atoms with van der Waals surface area (Å²) in [4.78, 5) is 39.1. The fourth-order valence-corrected chi connectivity index (χ4v) is 6.69. The van der Waals surface area contributed by atoms with Crippen molar-refractivity contribution in [3.8, 4) is 6.07 Å². The third-order valence-electron chi connectivity index (χ3n) is 8.72. The van der Waals surface area contributed by atoms with Crippen molar-refractivity contribution in [3.63, 3.8) is 0 Å². The second-order valence-corrected chi connectivity index (χ2v) is 11.6. The molecule has 8 nitrogen and oxygen atoms in total. The van der Waals surface area contributed by atoms with Gasteiger partial charge in [-0.1, -0.05) is 0 Å². The summed E-state index contributed by atoms with van der Waals surface area (Å²) >= 11 is 0. The van der Waals surface area contributed by atoms with Crippen LogP contribution in [0.5, 0.6) is 0 Å². The predicted octanol–water partition coefficient (Wildman–Crippen LogP) is 8.84. The number of aromatic nitrogens is 4. The molecule has 0 radical (unpaired) electrons. The fraction of sp³-hybridized carbons (Fsp3) is 0.125. The normalized spacial score (nSPS) is 13.5. The lowest BCUT2D eigenvalue weighted by Gasteiger charge is -2.15. The lowest BCUT2D eigenvalue weighted by Crippen LogP contribution is -2.18. The van der Waals surface area contributed by atoms with Crippen LogP contribution in [0.15, 0.2) is 46.0 Å². The van der Waals surface area contributed by atoms with E-state index >= 15 is 0 Å². The predicted molar refractivity (Wildman–Crippen MR) is 157 cm³/mol. The Balaban J connectivity index is 1.68. The zero-order valence-electron chi connectivity index (χ0n) is 24.5. The molecule has 0 bridgehead atoms. The molecule has 0 fully saturated rings. The van der Waals surface area contributed by atoms with Gasteiger partial charge in [0.2, 0.25) is 0 Å². The summed E-state index contributed by atoms with van der Waals surface area (Å²) < 4.78 is 168. The van der Waals surface area contributed by atoms with Gasteiger partial charge in [0.25, 0.3) is 11.1 Å². The van der Waals surface area contributed by atoms with E-state index in [0.717, 1.165) is 12.1 Å². The van der Waals surface area contributed by atoms with Crippen molar-refractivity contribution in [1.29, 1.82) is 5.26 Å². The molecule has 20 heteroatoms. The first-order chi connectivity index (χ1) is 24.1. The van der Waals surface area contributed by atoms with E-state index in [1.807, 2.05) is 0 Å². The monoisotopic (exact) mass is 734 g/mol. The van der Waals surface area contributed by atoms with E-state index in [1.165, 1.54) is 0 Å². The molecule has 8 aromatic rings. The number of imidazole rings is 2. The second-order valence-electron chi connectivity index (χ2n) is 11.6. The number of pyridine rings is 2. The molecule has 0 spiro atoms. The molecule has 0 atom stereocenters. The molecule has 0 aliphatic rings. The van der Waals surface area contributed by atoms with E-state index in [9.17, 15) is 67.5 Å². The van der Waals surface area contributed by atoms with E-state index in [4.69, 9.17) is 6.57 Å². The number of alkyl halides is 12. The van der Waals surface area contributed by atoms with Crippen LogP contribution in [0.25, 0.3) is 70.5 Å². The smallest absolute Gasteiger partial charge is 0.268 e. The Morgan fingerprint density at radius 1 is 0.596 bits per heavy atom. The van der Waals surface area contributed by atoms with E-state index in [2.05, 4.69) is 14.8 Å². The van der Waals surface area contributed by atoms with Gasteiger partial charge in [-0.2, -0.15) is 57.9 Å². The van der Waals surface area contributed by atoms with Crippen molar-refractivity contribution >= 4 is 71.4 Å². The Kier molecular flexibility index (Phi) is 6.08. The van der Waals surface area contributed by atoms with Crippen LogP contribution >= 0.6 is 0 Å². The lowest BCUT2D eigenvalue weighted by atomic mass is 9.92. The maximum atomic E-state index is 14.1. The van der Waals surface area contributed by atoms with Crippen LogP contribution in [0.3, 0.4) is 0 Å². The first kappa shape index (κ1) is 32.7. The number of nitriles is 1. The van der Waals surface area contributed by atoms with Gasteiger partial charge in [0.05, 0.1) is 51.5 Å². The van der Waals surface area contributed by atoms with Gasteiger partial charge in [-0.25, -0.2) is 14.8 Å². The van der Waals surface area contributed by atoms with Gasteiger partial charge in [-0.15, -0.1) is 0 Å². The third-order valence-corrected chi connectivity index (χ3v) is 8.72. The van der Waals surface area contributed by atoms with Crippen LogP contribution in [-0.4, -0.2) is 18.8 Å².